The number of rotatable bonds is 6. The van der Waals surface area contributed by atoms with Crippen LogP contribution in [0.15, 0.2) is 43.0 Å². The number of hydrogen-bond donors (Lipinski definition) is 1. The molecule has 7 heteroatoms. The van der Waals surface area contributed by atoms with E-state index in [0.29, 0.717) is 19.0 Å². The van der Waals surface area contributed by atoms with Gasteiger partial charge in [-0.15, -0.1) is 0 Å². The van der Waals surface area contributed by atoms with E-state index in [1.165, 1.54) is 0 Å². The first-order chi connectivity index (χ1) is 10.8. The van der Waals surface area contributed by atoms with Gasteiger partial charge < -0.3 is 14.4 Å². The van der Waals surface area contributed by atoms with Gasteiger partial charge in [-0.3, -0.25) is 0 Å². The van der Waals surface area contributed by atoms with E-state index < -0.39 is 0 Å². The molecule has 0 fully saturated rings. The van der Waals surface area contributed by atoms with Crippen LogP contribution in [0.4, 0.5) is 0 Å². The van der Waals surface area contributed by atoms with Crippen LogP contribution in [0.2, 0.25) is 0 Å². The van der Waals surface area contributed by atoms with Crippen molar-refractivity contribution in [1.29, 1.82) is 0 Å². The first kappa shape index (κ1) is 14.4. The van der Waals surface area contributed by atoms with Gasteiger partial charge in [-0.25, -0.2) is 14.6 Å². The maximum absolute atomic E-state index is 9.17. The van der Waals surface area contributed by atoms with Crippen LogP contribution in [0.25, 0.3) is 17.1 Å². The number of nitrogens with zero attached hydrogens (tertiary/aromatic N) is 5. The zero-order chi connectivity index (χ0) is 15.4. The Morgan fingerprint density at radius 2 is 2.05 bits per heavy atom. The van der Waals surface area contributed by atoms with Crippen molar-refractivity contribution in [2.24, 2.45) is 0 Å². The number of methoxy groups -OCH3 is 1. The van der Waals surface area contributed by atoms with Gasteiger partial charge in [0.2, 0.25) is 0 Å². The van der Waals surface area contributed by atoms with Crippen LogP contribution >= 0.6 is 0 Å². The second kappa shape index (κ2) is 6.50. The predicted molar refractivity (Wildman–Crippen MR) is 80.4 cm³/mol. The van der Waals surface area contributed by atoms with Crippen LogP contribution in [-0.2, 0) is 17.9 Å². The van der Waals surface area contributed by atoms with Crippen LogP contribution in [0.1, 0.15) is 5.82 Å². The minimum atomic E-state index is 0.00982. The van der Waals surface area contributed by atoms with Gasteiger partial charge in [0.15, 0.2) is 11.6 Å². The maximum atomic E-state index is 9.17. The number of aliphatic hydroxyl groups excluding tert-OH is 1. The van der Waals surface area contributed by atoms with Crippen LogP contribution in [0.5, 0.6) is 0 Å². The highest BCUT2D eigenvalue weighted by Crippen LogP contribution is 2.20. The molecule has 0 bridgehead atoms. The molecule has 114 valence electrons. The van der Waals surface area contributed by atoms with E-state index in [2.05, 4.69) is 15.1 Å². The van der Waals surface area contributed by atoms with Gasteiger partial charge in [-0.1, -0.05) is 0 Å². The molecule has 2 aromatic heterocycles. The van der Waals surface area contributed by atoms with E-state index in [1.807, 2.05) is 35.0 Å². The van der Waals surface area contributed by atoms with E-state index >= 15 is 0 Å². The predicted octanol–water partition coefficient (Wildman–Crippen LogP) is 1.27. The molecule has 3 aromatic rings. The molecule has 1 aromatic carbocycles. The smallest absolute Gasteiger partial charge is 0.176 e. The molecule has 0 aliphatic rings. The SMILES string of the molecule is COCc1nc(-c2ccc(-n3ccnc3)cc2)n(CCO)n1. The second-order valence-electron chi connectivity index (χ2n) is 4.75. The van der Waals surface area contributed by atoms with Gasteiger partial charge in [0.25, 0.3) is 0 Å². The fourth-order valence-corrected chi connectivity index (χ4v) is 2.24. The lowest BCUT2D eigenvalue weighted by Crippen LogP contribution is -2.06. The Balaban J connectivity index is 1.92. The van der Waals surface area contributed by atoms with E-state index in [9.17, 15) is 0 Å². The minimum absolute atomic E-state index is 0.00982. The molecule has 0 saturated carbocycles. The van der Waals surface area contributed by atoms with Crippen LogP contribution in [-0.4, -0.2) is 43.1 Å². The van der Waals surface area contributed by atoms with E-state index in [1.54, 1.807) is 24.3 Å². The first-order valence-electron chi connectivity index (χ1n) is 6.94. The highest BCUT2D eigenvalue weighted by molar-refractivity contribution is 5.57. The topological polar surface area (TPSA) is 78.0 Å². The number of benzene rings is 1. The summed E-state index contributed by atoms with van der Waals surface area (Å²) in [5, 5.41) is 13.5. The second-order valence-corrected chi connectivity index (χ2v) is 4.75. The summed E-state index contributed by atoms with van der Waals surface area (Å²) < 4.78 is 8.69. The summed E-state index contributed by atoms with van der Waals surface area (Å²) in [4.78, 5) is 8.51. The molecule has 0 radical (unpaired) electrons. The summed E-state index contributed by atoms with van der Waals surface area (Å²) in [5.74, 6) is 1.32. The lowest BCUT2D eigenvalue weighted by molar-refractivity contribution is 0.177. The third kappa shape index (κ3) is 2.90. The number of aromatic nitrogens is 5. The van der Waals surface area contributed by atoms with Gasteiger partial charge in [0, 0.05) is 30.8 Å². The Morgan fingerprint density at radius 3 is 2.68 bits per heavy atom. The molecule has 0 aliphatic heterocycles. The Bertz CT molecular complexity index is 719. The molecule has 0 unspecified atom stereocenters. The van der Waals surface area contributed by atoms with E-state index in [-0.39, 0.29) is 6.61 Å². The van der Waals surface area contributed by atoms with Crippen LogP contribution in [0.3, 0.4) is 0 Å². The van der Waals surface area contributed by atoms with Crippen molar-refractivity contribution in [2.75, 3.05) is 13.7 Å². The van der Waals surface area contributed by atoms with E-state index in [0.717, 1.165) is 17.1 Å². The quantitative estimate of drug-likeness (QED) is 0.741. The maximum Gasteiger partial charge on any atom is 0.176 e. The van der Waals surface area contributed by atoms with E-state index in [4.69, 9.17) is 9.84 Å². The van der Waals surface area contributed by atoms with Crippen molar-refractivity contribution < 1.29 is 9.84 Å². The monoisotopic (exact) mass is 299 g/mol. The number of imidazole rings is 1. The molecule has 3 rings (SSSR count). The zero-order valence-electron chi connectivity index (χ0n) is 12.3. The summed E-state index contributed by atoms with van der Waals surface area (Å²) in [7, 11) is 1.60. The fraction of sp³-hybridized carbons (Fsp3) is 0.267. The summed E-state index contributed by atoms with van der Waals surface area (Å²) in [6, 6.07) is 7.93. The molecule has 0 spiro atoms. The Labute approximate surface area is 127 Å². The fourth-order valence-electron chi connectivity index (χ4n) is 2.24. The molecule has 0 amide bonds. The third-order valence-electron chi connectivity index (χ3n) is 3.23. The Morgan fingerprint density at radius 1 is 1.23 bits per heavy atom. The first-order valence-corrected chi connectivity index (χ1v) is 6.94. The van der Waals surface area contributed by atoms with Crippen molar-refractivity contribution in [3.63, 3.8) is 0 Å². The number of hydrogen-bond acceptors (Lipinski definition) is 5. The molecular formula is C15H17N5O2. The Kier molecular flexibility index (Phi) is 4.27. The van der Waals surface area contributed by atoms with Crippen LogP contribution < -0.4 is 0 Å². The van der Waals surface area contributed by atoms with Crippen molar-refractivity contribution >= 4 is 0 Å². The van der Waals surface area contributed by atoms with Crippen molar-refractivity contribution in [3.8, 4) is 17.1 Å². The highest BCUT2D eigenvalue weighted by Gasteiger charge is 2.11. The zero-order valence-corrected chi connectivity index (χ0v) is 12.3. The van der Waals surface area contributed by atoms with Gasteiger partial charge in [0.1, 0.15) is 6.61 Å². The molecule has 2 heterocycles. The largest absolute Gasteiger partial charge is 0.394 e. The Hall–Kier alpha value is -2.51. The third-order valence-corrected chi connectivity index (χ3v) is 3.23. The molecule has 1 N–H and O–H groups in total. The number of ether oxygens (including phenoxy) is 1. The molecule has 0 atom stereocenters. The van der Waals surface area contributed by atoms with Gasteiger partial charge in [0.05, 0.1) is 19.5 Å². The normalized spacial score (nSPS) is 11.0. The lowest BCUT2D eigenvalue weighted by atomic mass is 10.2. The average molecular weight is 299 g/mol. The summed E-state index contributed by atoms with van der Waals surface area (Å²) in [6.07, 6.45) is 5.38. The molecular weight excluding hydrogens is 282 g/mol. The summed E-state index contributed by atoms with van der Waals surface area (Å²) in [6.45, 7) is 0.754. The van der Waals surface area contributed by atoms with Crippen molar-refractivity contribution in [3.05, 3.63) is 48.8 Å². The molecule has 0 aliphatic carbocycles. The molecule has 0 saturated heterocycles. The van der Waals surface area contributed by atoms with Gasteiger partial charge >= 0.3 is 0 Å². The van der Waals surface area contributed by atoms with Gasteiger partial charge in [-0.05, 0) is 24.3 Å². The lowest BCUT2D eigenvalue weighted by Gasteiger charge is -2.06. The van der Waals surface area contributed by atoms with Crippen molar-refractivity contribution in [2.45, 2.75) is 13.2 Å². The van der Waals surface area contributed by atoms with Crippen molar-refractivity contribution in [1.82, 2.24) is 24.3 Å². The number of aliphatic hydroxyl groups is 1. The van der Waals surface area contributed by atoms with Gasteiger partial charge in [-0.2, -0.15) is 5.10 Å². The summed E-state index contributed by atoms with van der Waals surface area (Å²) in [5.41, 5.74) is 1.96. The standard InChI is InChI=1S/C15H17N5O2/c1-22-10-14-17-15(20(18-14)8-9-21)12-2-4-13(5-3-12)19-7-6-16-11-19/h2-7,11,21H,8-10H2,1H3. The average Bonchev–Trinajstić information content (AvgIpc) is 3.18. The summed E-state index contributed by atoms with van der Waals surface area (Å²) >= 11 is 0. The van der Waals surface area contributed by atoms with Crippen LogP contribution in [0, 0.1) is 0 Å². The molecule has 7 nitrogen and oxygen atoms in total. The molecule has 22 heavy (non-hydrogen) atoms. The minimum Gasteiger partial charge on any atom is -0.394 e. The highest BCUT2D eigenvalue weighted by atomic mass is 16.5.